The van der Waals surface area contributed by atoms with Crippen LogP contribution in [0.1, 0.15) is 54.7 Å². The Morgan fingerprint density at radius 2 is 1.78 bits per heavy atom. The van der Waals surface area contributed by atoms with Crippen molar-refractivity contribution in [2.45, 2.75) is 50.8 Å². The first-order chi connectivity index (χ1) is 17.7. The van der Waals surface area contributed by atoms with Crippen molar-refractivity contribution in [3.63, 3.8) is 0 Å². The highest BCUT2D eigenvalue weighted by Gasteiger charge is 2.42. The van der Waals surface area contributed by atoms with Gasteiger partial charge in [0.15, 0.2) is 5.11 Å². The van der Waals surface area contributed by atoms with Gasteiger partial charge in [0.2, 0.25) is 0 Å². The van der Waals surface area contributed by atoms with Crippen molar-refractivity contribution in [2.75, 3.05) is 4.90 Å². The van der Waals surface area contributed by atoms with Crippen molar-refractivity contribution in [3.8, 4) is 11.6 Å². The van der Waals surface area contributed by atoms with Gasteiger partial charge < -0.3 is 19.5 Å². The number of rotatable bonds is 6. The van der Waals surface area contributed by atoms with Gasteiger partial charge in [0.05, 0.1) is 17.8 Å². The predicted molar refractivity (Wildman–Crippen MR) is 146 cm³/mol. The third-order valence-corrected chi connectivity index (χ3v) is 7.36. The van der Waals surface area contributed by atoms with Crippen LogP contribution in [0.25, 0.3) is 5.82 Å². The molecule has 1 saturated heterocycles. The fourth-order valence-corrected chi connectivity index (χ4v) is 5.61. The Morgan fingerprint density at radius 1 is 0.944 bits per heavy atom. The minimum Gasteiger partial charge on any atom is -0.490 e. The highest BCUT2D eigenvalue weighted by molar-refractivity contribution is 7.80. The number of aromatic nitrogens is 3. The average Bonchev–Trinajstić information content (AvgIpc) is 3.66. The van der Waals surface area contributed by atoms with Gasteiger partial charge in [-0.15, -0.1) is 0 Å². The normalized spacial score (nSPS) is 20.0. The fourth-order valence-electron chi connectivity index (χ4n) is 5.26. The van der Waals surface area contributed by atoms with Crippen molar-refractivity contribution in [2.24, 2.45) is 0 Å². The van der Waals surface area contributed by atoms with Crippen LogP contribution < -0.4 is 15.0 Å². The van der Waals surface area contributed by atoms with Crippen molar-refractivity contribution in [1.82, 2.24) is 19.9 Å². The zero-order valence-corrected chi connectivity index (χ0v) is 21.1. The van der Waals surface area contributed by atoms with E-state index in [2.05, 4.69) is 79.5 Å². The molecule has 1 N–H and O–H groups in total. The number of ether oxygens (including phenoxy) is 1. The van der Waals surface area contributed by atoms with E-state index < -0.39 is 0 Å². The molecule has 0 bridgehead atoms. The summed E-state index contributed by atoms with van der Waals surface area (Å²) in [5.74, 6) is 1.78. The van der Waals surface area contributed by atoms with Crippen molar-refractivity contribution >= 4 is 23.0 Å². The molecule has 4 heterocycles. The third-order valence-electron chi connectivity index (χ3n) is 7.04. The van der Waals surface area contributed by atoms with E-state index in [1.165, 1.54) is 12.8 Å². The average molecular weight is 496 g/mol. The smallest absolute Gasteiger partial charge is 0.174 e. The highest BCUT2D eigenvalue weighted by atomic mass is 32.1. The van der Waals surface area contributed by atoms with Gasteiger partial charge in [0.1, 0.15) is 17.6 Å². The summed E-state index contributed by atoms with van der Waals surface area (Å²) >= 11 is 5.91. The number of hydrogen-bond donors (Lipinski definition) is 1. The maximum absolute atomic E-state index is 6.21. The maximum Gasteiger partial charge on any atom is 0.174 e. The quantitative estimate of drug-likeness (QED) is 0.328. The molecule has 2 aliphatic rings. The molecule has 0 amide bonds. The van der Waals surface area contributed by atoms with E-state index >= 15 is 0 Å². The minimum absolute atomic E-state index is 0.118. The molecular weight excluding hydrogens is 466 g/mol. The summed E-state index contributed by atoms with van der Waals surface area (Å²) < 4.78 is 8.35. The van der Waals surface area contributed by atoms with Crippen molar-refractivity contribution in [1.29, 1.82) is 0 Å². The summed E-state index contributed by atoms with van der Waals surface area (Å²) in [4.78, 5) is 11.6. The van der Waals surface area contributed by atoms with Crippen LogP contribution >= 0.6 is 12.2 Å². The van der Waals surface area contributed by atoms with E-state index in [9.17, 15) is 0 Å². The van der Waals surface area contributed by atoms with Crippen LogP contribution in [0.15, 0.2) is 85.3 Å². The molecule has 182 valence electrons. The fraction of sp³-hybridized carbons (Fsp3) is 0.276. The van der Waals surface area contributed by atoms with Gasteiger partial charge in [-0.25, -0.2) is 4.98 Å². The summed E-state index contributed by atoms with van der Waals surface area (Å²) in [6.45, 7) is 2.05. The molecule has 7 heteroatoms. The lowest BCUT2D eigenvalue weighted by atomic mass is 10.0. The van der Waals surface area contributed by atoms with Crippen molar-refractivity contribution in [3.05, 3.63) is 102 Å². The van der Waals surface area contributed by atoms with Gasteiger partial charge in [-0.3, -0.25) is 4.98 Å². The van der Waals surface area contributed by atoms with E-state index in [4.69, 9.17) is 17.0 Å². The second kappa shape index (κ2) is 9.74. The summed E-state index contributed by atoms with van der Waals surface area (Å²) in [5.41, 5.74) is 4.17. The Morgan fingerprint density at radius 3 is 2.50 bits per heavy atom. The van der Waals surface area contributed by atoms with Crippen LogP contribution in [0.3, 0.4) is 0 Å². The molecular formula is C29H29N5OS. The van der Waals surface area contributed by atoms with Crippen LogP contribution in [0, 0.1) is 6.92 Å². The van der Waals surface area contributed by atoms with E-state index in [1.807, 2.05) is 37.5 Å². The maximum atomic E-state index is 6.21. The Labute approximate surface area is 217 Å². The molecule has 4 aromatic rings. The van der Waals surface area contributed by atoms with Gasteiger partial charge >= 0.3 is 0 Å². The lowest BCUT2D eigenvalue weighted by Crippen LogP contribution is -2.30. The largest absolute Gasteiger partial charge is 0.490 e. The van der Waals surface area contributed by atoms with Gasteiger partial charge in [-0.05, 0) is 105 Å². The monoisotopic (exact) mass is 495 g/mol. The minimum atomic E-state index is -0.118. The van der Waals surface area contributed by atoms with Crippen LogP contribution in [0.2, 0.25) is 0 Å². The van der Waals surface area contributed by atoms with E-state index in [0.717, 1.165) is 47.0 Å². The molecule has 6 nitrogen and oxygen atoms in total. The van der Waals surface area contributed by atoms with Crippen LogP contribution in [-0.2, 0) is 0 Å². The predicted octanol–water partition coefficient (Wildman–Crippen LogP) is 6.07. The van der Waals surface area contributed by atoms with E-state index in [0.29, 0.717) is 11.2 Å². The number of benzene rings is 1. The van der Waals surface area contributed by atoms with Gasteiger partial charge in [0.25, 0.3) is 0 Å². The Hall–Kier alpha value is -3.71. The molecule has 3 aromatic heterocycles. The first-order valence-corrected chi connectivity index (χ1v) is 13.0. The number of nitrogens with one attached hydrogen (secondary N) is 1. The van der Waals surface area contributed by atoms with Crippen LogP contribution in [0.4, 0.5) is 5.69 Å². The molecule has 0 spiro atoms. The standard InChI is InChI=1S/C29H29N5OS/c1-20-11-16-26(31-19-20)33-18-6-10-25(33)28-27(24-9-4-5-17-30-24)32-29(36)34(28)21-12-14-23(15-13-21)35-22-7-2-3-8-22/h4-6,9-19,22,27-28H,2-3,7-8H2,1H3,(H,32,36)/t27-,28-/m1/s1. The second-order valence-electron chi connectivity index (χ2n) is 9.51. The van der Waals surface area contributed by atoms with Crippen LogP contribution in [0.5, 0.6) is 5.75 Å². The first kappa shape index (κ1) is 22.7. The Bertz CT molecular complexity index is 1330. The Kier molecular flexibility index (Phi) is 6.15. The van der Waals surface area contributed by atoms with E-state index in [1.54, 1.807) is 0 Å². The molecule has 6 rings (SSSR count). The number of pyridine rings is 2. The van der Waals surface area contributed by atoms with Gasteiger partial charge in [-0.2, -0.15) is 0 Å². The zero-order chi connectivity index (χ0) is 24.5. The van der Waals surface area contributed by atoms with Gasteiger partial charge in [-0.1, -0.05) is 12.1 Å². The molecule has 1 aliphatic carbocycles. The summed E-state index contributed by atoms with van der Waals surface area (Å²) in [5, 5.41) is 4.22. The lowest BCUT2D eigenvalue weighted by molar-refractivity contribution is 0.210. The van der Waals surface area contributed by atoms with Gasteiger partial charge in [0, 0.05) is 30.0 Å². The number of nitrogens with zero attached hydrogens (tertiary/aromatic N) is 4. The van der Waals surface area contributed by atoms with E-state index in [-0.39, 0.29) is 12.1 Å². The Balaban J connectivity index is 1.39. The molecule has 0 radical (unpaired) electrons. The number of thiocarbonyl (C=S) groups is 1. The summed E-state index contributed by atoms with van der Waals surface area (Å²) in [7, 11) is 0. The SMILES string of the molecule is Cc1ccc(-n2cccc2[C@@H]2[C@@H](c3ccccn3)NC(=S)N2c2ccc(OC3CCCC3)cc2)nc1. The molecule has 1 aliphatic heterocycles. The molecule has 1 saturated carbocycles. The molecule has 36 heavy (non-hydrogen) atoms. The highest BCUT2D eigenvalue weighted by Crippen LogP contribution is 2.42. The third kappa shape index (κ3) is 4.35. The second-order valence-corrected chi connectivity index (χ2v) is 9.90. The van der Waals surface area contributed by atoms with Crippen molar-refractivity contribution < 1.29 is 4.74 Å². The molecule has 1 aromatic carbocycles. The molecule has 0 unspecified atom stereocenters. The molecule has 2 fully saturated rings. The number of hydrogen-bond acceptors (Lipinski definition) is 4. The van der Waals surface area contributed by atoms with Crippen LogP contribution in [-0.4, -0.2) is 25.8 Å². The summed E-state index contributed by atoms with van der Waals surface area (Å²) in [6, 6.07) is 22.4. The summed E-state index contributed by atoms with van der Waals surface area (Å²) in [6.07, 6.45) is 10.9. The molecule has 2 atom stereocenters. The first-order valence-electron chi connectivity index (χ1n) is 12.5. The zero-order valence-electron chi connectivity index (χ0n) is 20.2. The lowest BCUT2D eigenvalue weighted by Gasteiger charge is -2.29. The number of anilines is 1. The topological polar surface area (TPSA) is 55.2 Å². The number of aryl methyl sites for hydroxylation is 1.